The second-order valence-electron chi connectivity index (χ2n) is 3.83. The van der Waals surface area contributed by atoms with Crippen molar-refractivity contribution in [3.05, 3.63) is 12.2 Å². The first-order valence-electron chi connectivity index (χ1n) is 4.64. The molecule has 0 saturated heterocycles. The average molecular weight is 171 g/mol. The lowest BCUT2D eigenvalue weighted by Gasteiger charge is -2.08. The molecule has 0 amide bonds. The standard InChI is InChI=1S/C10H15Cl/c11-7-1-2-10(8-3-4-8)9-5-6-9/h1-2,8-10H,3-7H2. The molecule has 2 saturated carbocycles. The third-order valence-electron chi connectivity index (χ3n) is 2.78. The van der Waals surface area contributed by atoms with Crippen LogP contribution in [0.15, 0.2) is 12.2 Å². The van der Waals surface area contributed by atoms with Gasteiger partial charge in [-0.1, -0.05) is 12.2 Å². The Morgan fingerprint density at radius 1 is 1.18 bits per heavy atom. The highest BCUT2D eigenvalue weighted by Crippen LogP contribution is 2.49. The maximum absolute atomic E-state index is 5.61. The molecule has 0 N–H and O–H groups in total. The molecule has 1 heteroatoms. The zero-order chi connectivity index (χ0) is 7.68. The third-order valence-corrected chi connectivity index (χ3v) is 2.96. The van der Waals surface area contributed by atoms with Crippen LogP contribution in [-0.2, 0) is 0 Å². The van der Waals surface area contributed by atoms with E-state index in [1.165, 1.54) is 25.7 Å². The Morgan fingerprint density at radius 3 is 2.09 bits per heavy atom. The number of hydrogen-bond donors (Lipinski definition) is 0. The van der Waals surface area contributed by atoms with Gasteiger partial charge >= 0.3 is 0 Å². The van der Waals surface area contributed by atoms with Gasteiger partial charge in [-0.15, -0.1) is 11.6 Å². The minimum Gasteiger partial charge on any atom is -0.122 e. The summed E-state index contributed by atoms with van der Waals surface area (Å²) in [6.07, 6.45) is 10.4. The van der Waals surface area contributed by atoms with Crippen LogP contribution in [0.5, 0.6) is 0 Å². The lowest BCUT2D eigenvalue weighted by atomic mass is 9.98. The van der Waals surface area contributed by atoms with Crippen molar-refractivity contribution in [2.24, 2.45) is 17.8 Å². The number of rotatable bonds is 4. The van der Waals surface area contributed by atoms with Gasteiger partial charge in [-0.25, -0.2) is 0 Å². The summed E-state index contributed by atoms with van der Waals surface area (Å²) in [5, 5.41) is 0. The van der Waals surface area contributed by atoms with Gasteiger partial charge in [0.2, 0.25) is 0 Å². The van der Waals surface area contributed by atoms with E-state index in [1.54, 1.807) is 0 Å². The minimum absolute atomic E-state index is 0.690. The van der Waals surface area contributed by atoms with Gasteiger partial charge in [0.25, 0.3) is 0 Å². The molecule has 0 unspecified atom stereocenters. The first-order valence-corrected chi connectivity index (χ1v) is 5.18. The minimum atomic E-state index is 0.690. The third kappa shape index (κ3) is 1.99. The number of alkyl halides is 1. The lowest BCUT2D eigenvalue weighted by Crippen LogP contribution is -2.01. The first-order chi connectivity index (χ1) is 5.42. The maximum atomic E-state index is 5.61. The summed E-state index contributed by atoms with van der Waals surface area (Å²) in [6, 6.07) is 0. The van der Waals surface area contributed by atoms with Gasteiger partial charge in [0.15, 0.2) is 0 Å². The van der Waals surface area contributed by atoms with Gasteiger partial charge in [0, 0.05) is 5.88 Å². The van der Waals surface area contributed by atoms with Crippen LogP contribution in [0, 0.1) is 17.8 Å². The monoisotopic (exact) mass is 170 g/mol. The van der Waals surface area contributed by atoms with Crippen LogP contribution in [0.3, 0.4) is 0 Å². The maximum Gasteiger partial charge on any atom is 0.0404 e. The molecule has 0 aromatic heterocycles. The molecule has 0 aromatic rings. The Morgan fingerprint density at radius 2 is 1.73 bits per heavy atom. The Bertz CT molecular complexity index is 142. The fourth-order valence-electron chi connectivity index (χ4n) is 1.87. The van der Waals surface area contributed by atoms with Crippen molar-refractivity contribution >= 4 is 11.6 Å². The largest absolute Gasteiger partial charge is 0.122 e. The molecule has 2 fully saturated rings. The smallest absolute Gasteiger partial charge is 0.0404 e. The predicted octanol–water partition coefficient (Wildman–Crippen LogP) is 3.22. The van der Waals surface area contributed by atoms with Crippen molar-refractivity contribution < 1.29 is 0 Å². The molecular formula is C10H15Cl. The van der Waals surface area contributed by atoms with E-state index in [9.17, 15) is 0 Å². The molecule has 2 aliphatic carbocycles. The Labute approximate surface area is 73.6 Å². The summed E-state index contributed by atoms with van der Waals surface area (Å²) in [5.74, 6) is 3.65. The summed E-state index contributed by atoms with van der Waals surface area (Å²) in [7, 11) is 0. The quantitative estimate of drug-likeness (QED) is 0.449. The van der Waals surface area contributed by atoms with Gasteiger partial charge in [-0.3, -0.25) is 0 Å². The second-order valence-corrected chi connectivity index (χ2v) is 4.14. The van der Waals surface area contributed by atoms with Crippen LogP contribution in [0.4, 0.5) is 0 Å². The number of allylic oxidation sites excluding steroid dienone is 2. The van der Waals surface area contributed by atoms with Crippen molar-refractivity contribution in [1.82, 2.24) is 0 Å². The Hall–Kier alpha value is 0.0300. The first kappa shape index (κ1) is 7.67. The highest BCUT2D eigenvalue weighted by Gasteiger charge is 2.39. The topological polar surface area (TPSA) is 0 Å². The van der Waals surface area contributed by atoms with Crippen LogP contribution >= 0.6 is 11.6 Å². The molecule has 11 heavy (non-hydrogen) atoms. The van der Waals surface area contributed by atoms with Crippen LogP contribution in [0.25, 0.3) is 0 Å². The van der Waals surface area contributed by atoms with Gasteiger partial charge in [0.1, 0.15) is 0 Å². The van der Waals surface area contributed by atoms with Gasteiger partial charge in [-0.2, -0.15) is 0 Å². The molecule has 0 bridgehead atoms. The van der Waals surface area contributed by atoms with E-state index in [2.05, 4.69) is 12.2 Å². The number of hydrogen-bond acceptors (Lipinski definition) is 0. The molecule has 0 nitrogen and oxygen atoms in total. The Balaban J connectivity index is 1.86. The van der Waals surface area contributed by atoms with Gasteiger partial charge < -0.3 is 0 Å². The van der Waals surface area contributed by atoms with Crippen LogP contribution in [-0.4, -0.2) is 5.88 Å². The van der Waals surface area contributed by atoms with E-state index >= 15 is 0 Å². The fraction of sp³-hybridized carbons (Fsp3) is 0.800. The highest BCUT2D eigenvalue weighted by molar-refractivity contribution is 6.18. The summed E-state index contributed by atoms with van der Waals surface area (Å²) < 4.78 is 0. The summed E-state index contributed by atoms with van der Waals surface area (Å²) in [4.78, 5) is 0. The zero-order valence-electron chi connectivity index (χ0n) is 6.80. The fourth-order valence-corrected chi connectivity index (χ4v) is 1.97. The molecule has 2 rings (SSSR count). The van der Waals surface area contributed by atoms with E-state index < -0.39 is 0 Å². The predicted molar refractivity (Wildman–Crippen MR) is 48.8 cm³/mol. The molecule has 0 heterocycles. The van der Waals surface area contributed by atoms with Gasteiger partial charge in [-0.05, 0) is 43.4 Å². The van der Waals surface area contributed by atoms with E-state index in [4.69, 9.17) is 11.6 Å². The van der Waals surface area contributed by atoms with Crippen molar-refractivity contribution in [3.63, 3.8) is 0 Å². The second kappa shape index (κ2) is 3.18. The average Bonchev–Trinajstić information content (AvgIpc) is 2.85. The van der Waals surface area contributed by atoms with Crippen LogP contribution in [0.1, 0.15) is 25.7 Å². The van der Waals surface area contributed by atoms with E-state index in [0.29, 0.717) is 5.88 Å². The van der Waals surface area contributed by atoms with E-state index in [-0.39, 0.29) is 0 Å². The molecular weight excluding hydrogens is 156 g/mol. The number of halogens is 1. The summed E-state index contributed by atoms with van der Waals surface area (Å²) in [6.45, 7) is 0. The highest BCUT2D eigenvalue weighted by atomic mass is 35.5. The Kier molecular flexibility index (Phi) is 2.22. The SMILES string of the molecule is ClCC=CC(C1CC1)C1CC1. The van der Waals surface area contributed by atoms with Crippen molar-refractivity contribution in [2.45, 2.75) is 25.7 Å². The molecule has 2 aliphatic rings. The van der Waals surface area contributed by atoms with Gasteiger partial charge in [0.05, 0.1) is 0 Å². The molecule has 0 aliphatic heterocycles. The summed E-state index contributed by atoms with van der Waals surface area (Å²) >= 11 is 5.61. The van der Waals surface area contributed by atoms with Crippen LogP contribution in [0.2, 0.25) is 0 Å². The molecule has 0 radical (unpaired) electrons. The summed E-state index contributed by atoms with van der Waals surface area (Å²) in [5.41, 5.74) is 0. The van der Waals surface area contributed by atoms with E-state index in [0.717, 1.165) is 17.8 Å². The molecule has 0 aromatic carbocycles. The zero-order valence-corrected chi connectivity index (χ0v) is 7.56. The van der Waals surface area contributed by atoms with Crippen molar-refractivity contribution in [3.8, 4) is 0 Å². The lowest BCUT2D eigenvalue weighted by molar-refractivity contribution is 0.501. The van der Waals surface area contributed by atoms with Crippen molar-refractivity contribution in [2.75, 3.05) is 5.88 Å². The molecule has 62 valence electrons. The van der Waals surface area contributed by atoms with E-state index in [1.807, 2.05) is 0 Å². The van der Waals surface area contributed by atoms with Crippen molar-refractivity contribution in [1.29, 1.82) is 0 Å². The normalized spacial score (nSPS) is 25.3. The molecule has 0 spiro atoms. The van der Waals surface area contributed by atoms with Crippen LogP contribution < -0.4 is 0 Å². The molecule has 0 atom stereocenters.